The largest absolute Gasteiger partial charge is 0.378 e. The van der Waals surface area contributed by atoms with Crippen LogP contribution in [0.4, 0.5) is 5.69 Å². The number of piperidine rings is 1. The highest BCUT2D eigenvalue weighted by Gasteiger charge is 2.17. The summed E-state index contributed by atoms with van der Waals surface area (Å²) in [5, 5.41) is 3.70. The first-order valence-electron chi connectivity index (χ1n) is 7.75. The molecule has 1 heterocycles. The topological polar surface area (TPSA) is 18.5 Å². The Morgan fingerprint density at radius 2 is 1.80 bits per heavy atom. The Balaban J connectivity index is 1.80. The van der Waals surface area contributed by atoms with Crippen LogP contribution < -0.4 is 10.2 Å². The summed E-state index contributed by atoms with van der Waals surface area (Å²) in [5.74, 6) is 0.842. The van der Waals surface area contributed by atoms with E-state index in [2.05, 4.69) is 67.4 Å². The fourth-order valence-electron chi connectivity index (χ4n) is 2.79. The molecule has 0 saturated carbocycles. The van der Waals surface area contributed by atoms with Gasteiger partial charge >= 0.3 is 0 Å². The molecule has 1 fully saturated rings. The average molecular weight is 275 g/mol. The maximum absolute atomic E-state index is 3.70. The van der Waals surface area contributed by atoms with E-state index < -0.39 is 0 Å². The summed E-state index contributed by atoms with van der Waals surface area (Å²) in [7, 11) is 6.38. The molecule has 1 aromatic rings. The maximum Gasteiger partial charge on any atom is 0.0361 e. The highest BCUT2D eigenvalue weighted by Crippen LogP contribution is 2.19. The van der Waals surface area contributed by atoms with E-state index in [9.17, 15) is 0 Å². The molecule has 0 radical (unpaired) electrons. The quantitative estimate of drug-likeness (QED) is 0.891. The predicted octanol–water partition coefficient (Wildman–Crippen LogP) is 2.75. The fourth-order valence-corrected chi connectivity index (χ4v) is 2.79. The second-order valence-electron chi connectivity index (χ2n) is 6.36. The monoisotopic (exact) mass is 275 g/mol. The van der Waals surface area contributed by atoms with E-state index in [-0.39, 0.29) is 0 Å². The van der Waals surface area contributed by atoms with Gasteiger partial charge in [-0.05, 0) is 70.1 Å². The van der Waals surface area contributed by atoms with Gasteiger partial charge in [0.2, 0.25) is 0 Å². The lowest BCUT2D eigenvalue weighted by Gasteiger charge is -2.30. The van der Waals surface area contributed by atoms with Crippen LogP contribution in [0.2, 0.25) is 0 Å². The van der Waals surface area contributed by atoms with Crippen molar-refractivity contribution in [1.29, 1.82) is 0 Å². The number of benzene rings is 1. The molecule has 1 aliphatic rings. The Morgan fingerprint density at radius 1 is 1.20 bits per heavy atom. The SMILES string of the molecule is CC(NCC1CCN(C)CC1)c1ccc(N(C)C)cc1. The average Bonchev–Trinajstić information content (AvgIpc) is 2.46. The molecule has 3 heteroatoms. The molecule has 0 aromatic heterocycles. The zero-order valence-corrected chi connectivity index (χ0v) is 13.4. The van der Waals surface area contributed by atoms with E-state index >= 15 is 0 Å². The van der Waals surface area contributed by atoms with E-state index in [0.29, 0.717) is 6.04 Å². The third-order valence-electron chi connectivity index (χ3n) is 4.46. The lowest BCUT2D eigenvalue weighted by molar-refractivity contribution is 0.213. The van der Waals surface area contributed by atoms with Crippen LogP contribution in [0.25, 0.3) is 0 Å². The fraction of sp³-hybridized carbons (Fsp3) is 0.647. The van der Waals surface area contributed by atoms with Gasteiger partial charge in [-0.25, -0.2) is 0 Å². The molecular formula is C17H29N3. The van der Waals surface area contributed by atoms with E-state index in [4.69, 9.17) is 0 Å². The smallest absolute Gasteiger partial charge is 0.0361 e. The Bertz CT molecular complexity index is 391. The molecule has 0 aliphatic carbocycles. The van der Waals surface area contributed by atoms with Crippen LogP contribution in [0.3, 0.4) is 0 Å². The van der Waals surface area contributed by atoms with Crippen molar-refractivity contribution in [3.63, 3.8) is 0 Å². The molecule has 1 aliphatic heterocycles. The van der Waals surface area contributed by atoms with Crippen molar-refractivity contribution in [2.45, 2.75) is 25.8 Å². The number of rotatable bonds is 5. The minimum atomic E-state index is 0.436. The van der Waals surface area contributed by atoms with Crippen molar-refractivity contribution >= 4 is 5.69 Å². The molecule has 1 N–H and O–H groups in total. The summed E-state index contributed by atoms with van der Waals surface area (Å²) < 4.78 is 0. The van der Waals surface area contributed by atoms with Crippen LogP contribution in [-0.4, -0.2) is 45.7 Å². The number of nitrogens with zero attached hydrogens (tertiary/aromatic N) is 2. The van der Waals surface area contributed by atoms with Gasteiger partial charge in [0.25, 0.3) is 0 Å². The van der Waals surface area contributed by atoms with Crippen molar-refractivity contribution in [2.75, 3.05) is 45.7 Å². The summed E-state index contributed by atoms with van der Waals surface area (Å²) >= 11 is 0. The second-order valence-corrected chi connectivity index (χ2v) is 6.36. The Hall–Kier alpha value is -1.06. The summed E-state index contributed by atoms with van der Waals surface area (Å²) in [6, 6.07) is 9.31. The molecule has 0 amide bonds. The van der Waals surface area contributed by atoms with Gasteiger partial charge in [-0.2, -0.15) is 0 Å². The number of hydrogen-bond donors (Lipinski definition) is 1. The molecule has 2 rings (SSSR count). The lowest BCUT2D eigenvalue weighted by Crippen LogP contribution is -2.35. The van der Waals surface area contributed by atoms with Gasteiger partial charge in [0.1, 0.15) is 0 Å². The van der Waals surface area contributed by atoms with E-state index in [1.165, 1.54) is 37.2 Å². The van der Waals surface area contributed by atoms with Crippen LogP contribution in [0, 0.1) is 5.92 Å². The first kappa shape index (κ1) is 15.3. The molecule has 20 heavy (non-hydrogen) atoms. The van der Waals surface area contributed by atoms with Crippen LogP contribution in [-0.2, 0) is 0 Å². The molecule has 1 aromatic carbocycles. The summed E-state index contributed by atoms with van der Waals surface area (Å²) in [6.45, 7) is 5.90. The summed E-state index contributed by atoms with van der Waals surface area (Å²) in [4.78, 5) is 4.57. The molecule has 112 valence electrons. The van der Waals surface area contributed by atoms with Crippen LogP contribution >= 0.6 is 0 Å². The van der Waals surface area contributed by atoms with Crippen molar-refractivity contribution in [3.05, 3.63) is 29.8 Å². The maximum atomic E-state index is 3.70. The highest BCUT2D eigenvalue weighted by atomic mass is 15.1. The number of nitrogens with one attached hydrogen (secondary N) is 1. The second kappa shape index (κ2) is 7.09. The molecule has 1 atom stereocenters. The van der Waals surface area contributed by atoms with Crippen LogP contribution in [0.1, 0.15) is 31.4 Å². The Labute approximate surface area is 124 Å². The zero-order valence-electron chi connectivity index (χ0n) is 13.4. The molecule has 0 bridgehead atoms. The van der Waals surface area contributed by atoms with Gasteiger partial charge in [-0.1, -0.05) is 12.1 Å². The Kier molecular flexibility index (Phi) is 5.44. The predicted molar refractivity (Wildman–Crippen MR) is 87.4 cm³/mol. The van der Waals surface area contributed by atoms with Gasteiger partial charge in [0.05, 0.1) is 0 Å². The van der Waals surface area contributed by atoms with Gasteiger partial charge in [-0.3, -0.25) is 0 Å². The molecule has 3 nitrogen and oxygen atoms in total. The molecule has 0 spiro atoms. The van der Waals surface area contributed by atoms with Crippen molar-refractivity contribution in [2.24, 2.45) is 5.92 Å². The summed E-state index contributed by atoms with van der Waals surface area (Å²) in [6.07, 6.45) is 2.66. The number of likely N-dealkylation sites (tertiary alicyclic amines) is 1. The minimum Gasteiger partial charge on any atom is -0.378 e. The zero-order chi connectivity index (χ0) is 14.5. The van der Waals surface area contributed by atoms with E-state index in [0.717, 1.165) is 12.5 Å². The third kappa shape index (κ3) is 4.22. The first-order valence-corrected chi connectivity index (χ1v) is 7.75. The lowest BCUT2D eigenvalue weighted by atomic mass is 9.96. The first-order chi connectivity index (χ1) is 9.56. The van der Waals surface area contributed by atoms with Crippen LogP contribution in [0.15, 0.2) is 24.3 Å². The third-order valence-corrected chi connectivity index (χ3v) is 4.46. The van der Waals surface area contributed by atoms with Gasteiger partial charge in [0.15, 0.2) is 0 Å². The van der Waals surface area contributed by atoms with E-state index in [1.807, 2.05) is 0 Å². The molecule has 1 unspecified atom stereocenters. The molecule has 1 saturated heterocycles. The highest BCUT2D eigenvalue weighted by molar-refractivity contribution is 5.46. The van der Waals surface area contributed by atoms with Crippen LogP contribution in [0.5, 0.6) is 0 Å². The molecular weight excluding hydrogens is 246 g/mol. The standard InChI is InChI=1S/C17H29N3/c1-14(16-5-7-17(8-6-16)19(2)3)18-13-15-9-11-20(4)12-10-15/h5-8,14-15,18H,9-13H2,1-4H3. The van der Waals surface area contributed by atoms with Crippen molar-refractivity contribution in [3.8, 4) is 0 Å². The normalized spacial score (nSPS) is 19.0. The Morgan fingerprint density at radius 3 is 2.35 bits per heavy atom. The number of hydrogen-bond acceptors (Lipinski definition) is 3. The van der Waals surface area contributed by atoms with Crippen molar-refractivity contribution in [1.82, 2.24) is 10.2 Å². The number of anilines is 1. The van der Waals surface area contributed by atoms with E-state index in [1.54, 1.807) is 0 Å². The summed E-state index contributed by atoms with van der Waals surface area (Å²) in [5.41, 5.74) is 2.64. The van der Waals surface area contributed by atoms with Gasteiger partial charge in [-0.15, -0.1) is 0 Å². The van der Waals surface area contributed by atoms with Gasteiger partial charge < -0.3 is 15.1 Å². The minimum absolute atomic E-state index is 0.436. The van der Waals surface area contributed by atoms with Gasteiger partial charge in [0, 0.05) is 25.8 Å². The van der Waals surface area contributed by atoms with Crippen molar-refractivity contribution < 1.29 is 0 Å².